The van der Waals surface area contributed by atoms with E-state index in [0.717, 1.165) is 10.6 Å². The predicted molar refractivity (Wildman–Crippen MR) is 102 cm³/mol. The number of nitrogens with zero attached hydrogens (tertiary/aromatic N) is 2. The second-order valence-electron chi connectivity index (χ2n) is 5.70. The van der Waals surface area contributed by atoms with E-state index in [1.807, 2.05) is 36.4 Å². The van der Waals surface area contributed by atoms with E-state index < -0.39 is 0 Å². The van der Waals surface area contributed by atoms with E-state index in [1.54, 1.807) is 13.2 Å². The third-order valence-corrected chi connectivity index (χ3v) is 5.01. The summed E-state index contributed by atoms with van der Waals surface area (Å²) in [7, 11) is 1.78. The Morgan fingerprint density at radius 3 is 2.72 bits per heavy atom. The van der Waals surface area contributed by atoms with Crippen LogP contribution in [0.25, 0.3) is 10.6 Å². The zero-order valence-electron chi connectivity index (χ0n) is 14.2. The molecule has 0 fully saturated rings. The number of carbonyl (C=O) groups excluding carboxylic acids is 1. The molecular formula is C19H20N4OS. The van der Waals surface area contributed by atoms with Crippen molar-refractivity contribution in [3.8, 4) is 10.6 Å². The van der Waals surface area contributed by atoms with Crippen LogP contribution in [0.4, 0.5) is 5.95 Å². The van der Waals surface area contributed by atoms with E-state index in [4.69, 9.17) is 0 Å². The largest absolute Gasteiger partial charge is 0.357 e. The number of aromatic nitrogens is 2. The summed E-state index contributed by atoms with van der Waals surface area (Å²) >= 11 is 1.43. The van der Waals surface area contributed by atoms with E-state index in [2.05, 4.69) is 39.7 Å². The number of hydrogen-bond acceptors (Lipinski definition) is 5. The highest BCUT2D eigenvalue weighted by Crippen LogP contribution is 2.27. The first-order valence-corrected chi connectivity index (χ1v) is 8.93. The molecule has 0 bridgehead atoms. The molecule has 5 nitrogen and oxygen atoms in total. The van der Waals surface area contributed by atoms with Crippen molar-refractivity contribution in [2.24, 2.45) is 0 Å². The Morgan fingerprint density at radius 2 is 1.96 bits per heavy atom. The van der Waals surface area contributed by atoms with E-state index >= 15 is 0 Å². The van der Waals surface area contributed by atoms with Crippen molar-refractivity contribution in [1.29, 1.82) is 0 Å². The molecule has 2 N–H and O–H groups in total. The van der Waals surface area contributed by atoms with Gasteiger partial charge >= 0.3 is 0 Å². The Kier molecular flexibility index (Phi) is 5.40. The quantitative estimate of drug-likeness (QED) is 0.708. The van der Waals surface area contributed by atoms with Gasteiger partial charge in [-0.05, 0) is 29.7 Å². The molecule has 6 heteroatoms. The molecular weight excluding hydrogens is 332 g/mol. The second kappa shape index (κ2) is 7.90. The van der Waals surface area contributed by atoms with Crippen LogP contribution in [0, 0.1) is 0 Å². The molecule has 0 saturated heterocycles. The minimum atomic E-state index is -0.0538. The predicted octanol–water partition coefficient (Wildman–Crippen LogP) is 3.78. The van der Waals surface area contributed by atoms with Gasteiger partial charge in [-0.25, -0.2) is 9.97 Å². The van der Waals surface area contributed by atoms with Crippen LogP contribution in [0.3, 0.4) is 0 Å². The Balaban J connectivity index is 1.64. The average molecular weight is 352 g/mol. The standard InChI is InChI=1S/C19H20N4OS/c1-13(14-6-4-3-5-7-14)12-22-18(24)17-9-8-16(25-17)15-10-11-21-19(20-2)23-15/h3-11,13H,12H2,1-2H3,(H,22,24)(H,20,21,23). The lowest BCUT2D eigenvalue weighted by molar-refractivity contribution is 0.0955. The van der Waals surface area contributed by atoms with Crippen molar-refractivity contribution < 1.29 is 4.79 Å². The Hall–Kier alpha value is -2.73. The van der Waals surface area contributed by atoms with E-state index in [-0.39, 0.29) is 11.8 Å². The molecule has 3 aromatic rings. The fourth-order valence-electron chi connectivity index (χ4n) is 2.45. The van der Waals surface area contributed by atoms with Crippen LogP contribution in [0.15, 0.2) is 54.7 Å². The fraction of sp³-hybridized carbons (Fsp3) is 0.211. The lowest BCUT2D eigenvalue weighted by Gasteiger charge is -2.12. The molecule has 0 saturated carbocycles. The Morgan fingerprint density at radius 1 is 1.16 bits per heavy atom. The second-order valence-corrected chi connectivity index (χ2v) is 6.78. The van der Waals surface area contributed by atoms with Crippen molar-refractivity contribution in [3.63, 3.8) is 0 Å². The number of amides is 1. The van der Waals surface area contributed by atoms with Crippen LogP contribution in [0.5, 0.6) is 0 Å². The zero-order chi connectivity index (χ0) is 17.6. The maximum absolute atomic E-state index is 12.4. The molecule has 0 spiro atoms. The summed E-state index contributed by atoms with van der Waals surface area (Å²) in [6, 6.07) is 15.8. The minimum absolute atomic E-state index is 0.0538. The van der Waals surface area contributed by atoms with Crippen LogP contribution in [0.2, 0.25) is 0 Å². The van der Waals surface area contributed by atoms with Crippen molar-refractivity contribution in [2.75, 3.05) is 18.9 Å². The lowest BCUT2D eigenvalue weighted by atomic mass is 10.0. The summed E-state index contributed by atoms with van der Waals surface area (Å²) in [4.78, 5) is 22.5. The van der Waals surface area contributed by atoms with Gasteiger partial charge in [0.05, 0.1) is 15.4 Å². The topological polar surface area (TPSA) is 66.9 Å². The van der Waals surface area contributed by atoms with Gasteiger partial charge < -0.3 is 10.6 Å². The number of nitrogens with one attached hydrogen (secondary N) is 2. The van der Waals surface area contributed by atoms with Gasteiger partial charge in [0.25, 0.3) is 5.91 Å². The number of thiophene rings is 1. The third kappa shape index (κ3) is 4.22. The van der Waals surface area contributed by atoms with Gasteiger partial charge in [-0.2, -0.15) is 0 Å². The summed E-state index contributed by atoms with van der Waals surface area (Å²) in [6.45, 7) is 2.71. The number of hydrogen-bond donors (Lipinski definition) is 2. The highest BCUT2D eigenvalue weighted by molar-refractivity contribution is 7.17. The molecule has 2 heterocycles. The summed E-state index contributed by atoms with van der Waals surface area (Å²) in [5.41, 5.74) is 2.02. The molecule has 1 unspecified atom stereocenters. The zero-order valence-corrected chi connectivity index (χ0v) is 15.0. The van der Waals surface area contributed by atoms with Gasteiger partial charge in [0.2, 0.25) is 5.95 Å². The summed E-state index contributed by atoms with van der Waals surface area (Å²) in [5.74, 6) is 0.778. The molecule has 0 aliphatic rings. The third-order valence-electron chi connectivity index (χ3n) is 3.90. The van der Waals surface area contributed by atoms with Crippen LogP contribution < -0.4 is 10.6 Å². The molecule has 128 valence electrons. The molecule has 25 heavy (non-hydrogen) atoms. The van der Waals surface area contributed by atoms with E-state index in [1.165, 1.54) is 16.9 Å². The molecule has 0 aliphatic carbocycles. The molecule has 0 aliphatic heterocycles. The van der Waals surface area contributed by atoms with Crippen molar-refractivity contribution >= 4 is 23.2 Å². The number of benzene rings is 1. The molecule has 1 aromatic carbocycles. The summed E-state index contributed by atoms with van der Waals surface area (Å²) in [5, 5.41) is 5.93. The molecule has 1 amide bonds. The Labute approximate surface area is 151 Å². The lowest BCUT2D eigenvalue weighted by Crippen LogP contribution is -2.26. The number of anilines is 1. The molecule has 1 atom stereocenters. The average Bonchev–Trinajstić information content (AvgIpc) is 3.17. The number of rotatable bonds is 6. The van der Waals surface area contributed by atoms with Gasteiger partial charge in [-0.3, -0.25) is 4.79 Å². The van der Waals surface area contributed by atoms with Crippen molar-refractivity contribution in [3.05, 3.63) is 65.2 Å². The highest BCUT2D eigenvalue weighted by atomic mass is 32.1. The summed E-state index contributed by atoms with van der Waals surface area (Å²) < 4.78 is 0. The highest BCUT2D eigenvalue weighted by Gasteiger charge is 2.13. The van der Waals surface area contributed by atoms with Crippen LogP contribution in [0.1, 0.15) is 28.1 Å². The van der Waals surface area contributed by atoms with Crippen LogP contribution in [-0.4, -0.2) is 29.5 Å². The van der Waals surface area contributed by atoms with Crippen molar-refractivity contribution in [2.45, 2.75) is 12.8 Å². The van der Waals surface area contributed by atoms with Crippen molar-refractivity contribution in [1.82, 2.24) is 15.3 Å². The first-order valence-electron chi connectivity index (χ1n) is 8.11. The molecule has 3 rings (SSSR count). The fourth-order valence-corrected chi connectivity index (χ4v) is 3.34. The first kappa shape index (κ1) is 17.1. The molecule has 0 radical (unpaired) electrons. The maximum atomic E-state index is 12.4. The van der Waals surface area contributed by atoms with Crippen LogP contribution in [-0.2, 0) is 0 Å². The van der Waals surface area contributed by atoms with Gasteiger partial charge in [0, 0.05) is 19.8 Å². The van der Waals surface area contributed by atoms with E-state index in [9.17, 15) is 4.79 Å². The minimum Gasteiger partial charge on any atom is -0.357 e. The van der Waals surface area contributed by atoms with E-state index in [0.29, 0.717) is 17.4 Å². The van der Waals surface area contributed by atoms with Crippen LogP contribution >= 0.6 is 11.3 Å². The normalized spacial score (nSPS) is 11.8. The van der Waals surface area contributed by atoms with Gasteiger partial charge in [0.15, 0.2) is 0 Å². The summed E-state index contributed by atoms with van der Waals surface area (Å²) in [6.07, 6.45) is 1.70. The first-order chi connectivity index (χ1) is 12.2. The SMILES string of the molecule is CNc1nccc(-c2ccc(C(=O)NCC(C)c3ccccc3)s2)n1. The van der Waals surface area contributed by atoms with Gasteiger partial charge in [-0.15, -0.1) is 11.3 Å². The van der Waals surface area contributed by atoms with Gasteiger partial charge in [0.1, 0.15) is 0 Å². The molecule has 2 aromatic heterocycles. The maximum Gasteiger partial charge on any atom is 0.261 e. The monoisotopic (exact) mass is 352 g/mol. The number of carbonyl (C=O) groups is 1. The smallest absolute Gasteiger partial charge is 0.261 e. The van der Waals surface area contributed by atoms with Gasteiger partial charge in [-0.1, -0.05) is 37.3 Å². The Bertz CT molecular complexity index is 847.